The topological polar surface area (TPSA) is 110 Å². The van der Waals surface area contributed by atoms with Crippen LogP contribution in [0.15, 0.2) is 51.7 Å². The number of hydrogen-bond acceptors (Lipinski definition) is 6. The molecule has 0 unspecified atom stereocenters. The molecule has 2 aromatic heterocycles. The predicted molar refractivity (Wildman–Crippen MR) is 89.5 cm³/mol. The minimum atomic E-state index is -3.84. The van der Waals surface area contributed by atoms with Crippen molar-refractivity contribution in [2.75, 3.05) is 4.72 Å². The van der Waals surface area contributed by atoms with Crippen LogP contribution in [0, 0.1) is 0 Å². The molecule has 24 heavy (non-hydrogen) atoms. The molecule has 1 aromatic carbocycles. The molecule has 124 valence electrons. The van der Waals surface area contributed by atoms with E-state index < -0.39 is 21.9 Å². The Hall–Kier alpha value is -2.65. The van der Waals surface area contributed by atoms with Gasteiger partial charge in [-0.1, -0.05) is 35.5 Å². The van der Waals surface area contributed by atoms with Gasteiger partial charge in [0.05, 0.1) is 5.75 Å². The second-order valence-corrected chi connectivity index (χ2v) is 7.40. The summed E-state index contributed by atoms with van der Waals surface area (Å²) in [4.78, 5) is 11.5. The summed E-state index contributed by atoms with van der Waals surface area (Å²) in [6, 6.07) is 10.2. The first-order valence-electron chi connectivity index (χ1n) is 6.76. The highest BCUT2D eigenvalue weighted by molar-refractivity contribution is 7.91. The normalized spacial score (nSPS) is 11.3. The fourth-order valence-corrected chi connectivity index (χ4v) is 3.89. The van der Waals surface area contributed by atoms with E-state index in [4.69, 9.17) is 4.52 Å². The van der Waals surface area contributed by atoms with Crippen molar-refractivity contribution in [3.63, 3.8) is 0 Å². The average molecular weight is 364 g/mol. The second-order valence-electron chi connectivity index (χ2n) is 4.90. The molecule has 7 nitrogen and oxygen atoms in total. The Kier molecular flexibility index (Phi) is 4.36. The van der Waals surface area contributed by atoms with Gasteiger partial charge in [0.25, 0.3) is 5.88 Å². The van der Waals surface area contributed by atoms with Crippen LogP contribution in [0.4, 0.5) is 5.88 Å². The molecular formula is C15H12N2O5S2. The first-order chi connectivity index (χ1) is 11.5. The lowest BCUT2D eigenvalue weighted by Crippen LogP contribution is -2.16. The van der Waals surface area contributed by atoms with Crippen LogP contribution in [0.5, 0.6) is 0 Å². The third kappa shape index (κ3) is 3.47. The number of nitrogens with zero attached hydrogens (tertiary/aromatic N) is 1. The summed E-state index contributed by atoms with van der Waals surface area (Å²) in [5.74, 6) is -2.03. The zero-order valence-electron chi connectivity index (χ0n) is 12.2. The van der Waals surface area contributed by atoms with Gasteiger partial charge >= 0.3 is 5.97 Å². The number of carboxylic acids is 1. The van der Waals surface area contributed by atoms with Crippen molar-refractivity contribution in [3.8, 4) is 11.3 Å². The van der Waals surface area contributed by atoms with Gasteiger partial charge in [0.1, 0.15) is 5.69 Å². The number of carbonyl (C=O) groups is 1. The van der Waals surface area contributed by atoms with Gasteiger partial charge in [-0.25, -0.2) is 17.9 Å². The van der Waals surface area contributed by atoms with E-state index in [1.165, 1.54) is 11.3 Å². The number of benzene rings is 1. The van der Waals surface area contributed by atoms with Crippen LogP contribution in [0.25, 0.3) is 11.3 Å². The highest BCUT2D eigenvalue weighted by Crippen LogP contribution is 2.31. The predicted octanol–water partition coefficient (Wildman–Crippen LogP) is 3.04. The van der Waals surface area contributed by atoms with E-state index in [9.17, 15) is 18.3 Å². The number of thiophene rings is 1. The van der Waals surface area contributed by atoms with Gasteiger partial charge in [0.15, 0.2) is 5.56 Å². The third-order valence-electron chi connectivity index (χ3n) is 3.15. The average Bonchev–Trinajstić information content (AvgIpc) is 3.16. The molecule has 0 atom stereocenters. The molecule has 0 spiro atoms. The molecule has 2 N–H and O–H groups in total. The van der Waals surface area contributed by atoms with Crippen molar-refractivity contribution < 1.29 is 22.8 Å². The molecule has 0 fully saturated rings. The van der Waals surface area contributed by atoms with Crippen LogP contribution < -0.4 is 4.72 Å². The lowest BCUT2D eigenvalue weighted by atomic mass is 10.1. The van der Waals surface area contributed by atoms with Gasteiger partial charge in [-0.3, -0.25) is 0 Å². The molecule has 0 aliphatic rings. The number of aromatic carboxylic acids is 1. The Morgan fingerprint density at radius 3 is 2.62 bits per heavy atom. The first kappa shape index (κ1) is 16.2. The monoisotopic (exact) mass is 364 g/mol. The summed E-state index contributed by atoms with van der Waals surface area (Å²) in [6.45, 7) is 0. The van der Waals surface area contributed by atoms with E-state index in [0.717, 1.165) is 0 Å². The van der Waals surface area contributed by atoms with Gasteiger partial charge < -0.3 is 9.63 Å². The van der Waals surface area contributed by atoms with Crippen molar-refractivity contribution in [3.05, 3.63) is 58.3 Å². The first-order valence-corrected chi connectivity index (χ1v) is 9.36. The standard InChI is InChI=1S/C15H12N2O5S2/c18-15(19)12-13(11-6-7-23-8-11)16-22-14(12)17-24(20,21)9-10-4-2-1-3-5-10/h1-8,17H,9H2,(H,18,19). The van der Waals surface area contributed by atoms with E-state index in [1.807, 2.05) is 0 Å². The van der Waals surface area contributed by atoms with E-state index in [1.54, 1.807) is 47.2 Å². The fourth-order valence-electron chi connectivity index (χ4n) is 2.13. The number of aromatic nitrogens is 1. The van der Waals surface area contributed by atoms with Crippen LogP contribution in [0.2, 0.25) is 0 Å². The molecular weight excluding hydrogens is 352 g/mol. The van der Waals surface area contributed by atoms with Crippen molar-refractivity contribution in [2.45, 2.75) is 5.75 Å². The maximum atomic E-state index is 12.3. The van der Waals surface area contributed by atoms with Crippen molar-refractivity contribution in [1.82, 2.24) is 5.16 Å². The number of hydrogen-bond donors (Lipinski definition) is 2. The van der Waals surface area contributed by atoms with Crippen LogP contribution in [-0.2, 0) is 15.8 Å². The molecule has 0 aliphatic carbocycles. The summed E-state index contributed by atoms with van der Waals surface area (Å²) in [7, 11) is -3.84. The summed E-state index contributed by atoms with van der Waals surface area (Å²) >= 11 is 1.37. The maximum Gasteiger partial charge on any atom is 0.343 e. The lowest BCUT2D eigenvalue weighted by Gasteiger charge is -2.05. The fraction of sp³-hybridized carbons (Fsp3) is 0.0667. The van der Waals surface area contributed by atoms with E-state index >= 15 is 0 Å². The molecule has 9 heteroatoms. The van der Waals surface area contributed by atoms with Gasteiger partial charge in [0, 0.05) is 10.9 Å². The van der Waals surface area contributed by atoms with Crippen LogP contribution >= 0.6 is 11.3 Å². The highest BCUT2D eigenvalue weighted by atomic mass is 32.2. The summed E-state index contributed by atoms with van der Waals surface area (Å²) in [5, 5.41) is 16.5. The number of anilines is 1. The molecule has 2 heterocycles. The van der Waals surface area contributed by atoms with Gasteiger partial charge in [-0.2, -0.15) is 11.3 Å². The Labute approximate surface area is 141 Å². The number of carboxylic acid groups (broad SMARTS) is 1. The number of sulfonamides is 1. The molecule has 0 aliphatic heterocycles. The van der Waals surface area contributed by atoms with Crippen LogP contribution in [0.3, 0.4) is 0 Å². The minimum Gasteiger partial charge on any atom is -0.477 e. The summed E-state index contributed by atoms with van der Waals surface area (Å²) in [6.07, 6.45) is 0. The Bertz CT molecular complexity index is 947. The smallest absolute Gasteiger partial charge is 0.343 e. The van der Waals surface area contributed by atoms with Crippen molar-refractivity contribution in [1.29, 1.82) is 0 Å². The number of rotatable bonds is 6. The van der Waals surface area contributed by atoms with Gasteiger partial charge in [-0.15, -0.1) is 0 Å². The van der Waals surface area contributed by atoms with Gasteiger partial charge in [-0.05, 0) is 17.0 Å². The largest absolute Gasteiger partial charge is 0.477 e. The quantitative estimate of drug-likeness (QED) is 0.696. The third-order valence-corrected chi connectivity index (χ3v) is 5.04. The van der Waals surface area contributed by atoms with E-state index in [-0.39, 0.29) is 17.0 Å². The molecule has 3 aromatic rings. The molecule has 0 amide bonds. The van der Waals surface area contributed by atoms with Gasteiger partial charge in [0.2, 0.25) is 10.0 Å². The zero-order chi connectivity index (χ0) is 17.2. The highest BCUT2D eigenvalue weighted by Gasteiger charge is 2.27. The Balaban J connectivity index is 1.91. The molecule has 0 saturated heterocycles. The summed E-state index contributed by atoms with van der Waals surface area (Å²) < 4.78 is 31.6. The number of nitrogens with one attached hydrogen (secondary N) is 1. The molecule has 0 radical (unpaired) electrons. The Morgan fingerprint density at radius 1 is 1.25 bits per heavy atom. The molecule has 0 bridgehead atoms. The lowest BCUT2D eigenvalue weighted by molar-refractivity contribution is 0.0698. The molecule has 3 rings (SSSR count). The zero-order valence-corrected chi connectivity index (χ0v) is 13.8. The van der Waals surface area contributed by atoms with Crippen molar-refractivity contribution in [2.24, 2.45) is 0 Å². The van der Waals surface area contributed by atoms with Crippen molar-refractivity contribution >= 4 is 33.2 Å². The van der Waals surface area contributed by atoms with E-state index in [2.05, 4.69) is 9.88 Å². The van der Waals surface area contributed by atoms with Crippen LogP contribution in [0.1, 0.15) is 15.9 Å². The van der Waals surface area contributed by atoms with Crippen LogP contribution in [-0.4, -0.2) is 24.7 Å². The minimum absolute atomic E-state index is 0.0844. The maximum absolute atomic E-state index is 12.3. The Morgan fingerprint density at radius 2 is 2.00 bits per heavy atom. The molecule has 0 saturated carbocycles. The SMILES string of the molecule is O=C(O)c1c(-c2ccsc2)noc1NS(=O)(=O)Cc1ccccc1. The van der Waals surface area contributed by atoms with E-state index in [0.29, 0.717) is 11.1 Å². The summed E-state index contributed by atoms with van der Waals surface area (Å²) in [5.41, 5.74) is 0.889. The second kappa shape index (κ2) is 6.46.